The van der Waals surface area contributed by atoms with E-state index < -0.39 is 0 Å². The summed E-state index contributed by atoms with van der Waals surface area (Å²) in [5.74, 6) is 0.287. The third-order valence-corrected chi connectivity index (χ3v) is 2.86. The van der Waals surface area contributed by atoms with Gasteiger partial charge in [-0.2, -0.15) is 0 Å². The maximum absolute atomic E-state index is 11.9. The fourth-order valence-electron chi connectivity index (χ4n) is 1.77. The SMILES string of the molecule is CC(=O)Nc1cccc(C(=O)NCC2CNC2)c1. The quantitative estimate of drug-likeness (QED) is 0.729. The van der Waals surface area contributed by atoms with Crippen LogP contribution in [0.2, 0.25) is 0 Å². The van der Waals surface area contributed by atoms with E-state index in [1.54, 1.807) is 24.3 Å². The second kappa shape index (κ2) is 5.64. The lowest BCUT2D eigenvalue weighted by molar-refractivity contribution is -0.114. The van der Waals surface area contributed by atoms with Crippen LogP contribution >= 0.6 is 0 Å². The number of amides is 2. The molecule has 2 amide bonds. The average Bonchev–Trinajstić information content (AvgIpc) is 2.26. The second-order valence-electron chi connectivity index (χ2n) is 4.50. The molecule has 1 aliphatic rings. The van der Waals surface area contributed by atoms with Crippen molar-refractivity contribution in [3.63, 3.8) is 0 Å². The van der Waals surface area contributed by atoms with E-state index in [1.807, 2.05) is 0 Å². The molecule has 2 rings (SSSR count). The Bertz CT molecular complexity index is 455. The van der Waals surface area contributed by atoms with Crippen LogP contribution in [0, 0.1) is 5.92 Å². The Morgan fingerprint density at radius 3 is 2.78 bits per heavy atom. The van der Waals surface area contributed by atoms with E-state index in [0.717, 1.165) is 13.1 Å². The molecular formula is C13H17N3O2. The highest BCUT2D eigenvalue weighted by atomic mass is 16.2. The molecule has 1 fully saturated rings. The van der Waals surface area contributed by atoms with E-state index in [4.69, 9.17) is 0 Å². The van der Waals surface area contributed by atoms with E-state index in [1.165, 1.54) is 6.92 Å². The van der Waals surface area contributed by atoms with Gasteiger partial charge in [-0.1, -0.05) is 6.07 Å². The lowest BCUT2D eigenvalue weighted by Gasteiger charge is -2.27. The first-order chi connectivity index (χ1) is 8.65. The maximum atomic E-state index is 11.9. The van der Waals surface area contributed by atoms with Crippen molar-refractivity contribution in [3.8, 4) is 0 Å². The molecule has 0 aliphatic carbocycles. The number of rotatable bonds is 4. The fraction of sp³-hybridized carbons (Fsp3) is 0.385. The number of carbonyl (C=O) groups excluding carboxylic acids is 2. The number of carbonyl (C=O) groups is 2. The normalized spacial score (nSPS) is 14.7. The molecule has 0 atom stereocenters. The first-order valence-corrected chi connectivity index (χ1v) is 6.02. The van der Waals surface area contributed by atoms with Crippen LogP contribution in [0.15, 0.2) is 24.3 Å². The van der Waals surface area contributed by atoms with Crippen LogP contribution in [-0.4, -0.2) is 31.4 Å². The zero-order valence-corrected chi connectivity index (χ0v) is 10.3. The molecule has 5 nitrogen and oxygen atoms in total. The predicted octanol–water partition coefficient (Wildman–Crippen LogP) is 0.594. The van der Waals surface area contributed by atoms with Crippen LogP contribution in [0.1, 0.15) is 17.3 Å². The largest absolute Gasteiger partial charge is 0.352 e. The van der Waals surface area contributed by atoms with Crippen molar-refractivity contribution in [3.05, 3.63) is 29.8 Å². The fourth-order valence-corrected chi connectivity index (χ4v) is 1.77. The summed E-state index contributed by atoms with van der Waals surface area (Å²) in [5.41, 5.74) is 1.20. The van der Waals surface area contributed by atoms with Crippen molar-refractivity contribution in [2.24, 2.45) is 5.92 Å². The van der Waals surface area contributed by atoms with Crippen LogP contribution in [0.3, 0.4) is 0 Å². The minimum atomic E-state index is -0.145. The summed E-state index contributed by atoms with van der Waals surface area (Å²) in [6, 6.07) is 6.93. The van der Waals surface area contributed by atoms with Gasteiger partial charge in [0.2, 0.25) is 5.91 Å². The van der Waals surface area contributed by atoms with E-state index >= 15 is 0 Å². The highest BCUT2D eigenvalue weighted by Gasteiger charge is 2.17. The van der Waals surface area contributed by atoms with Crippen molar-refractivity contribution in [1.29, 1.82) is 0 Å². The van der Waals surface area contributed by atoms with Gasteiger partial charge in [-0.3, -0.25) is 9.59 Å². The third-order valence-electron chi connectivity index (χ3n) is 2.86. The number of hydrogen-bond donors (Lipinski definition) is 3. The first-order valence-electron chi connectivity index (χ1n) is 6.02. The van der Waals surface area contributed by atoms with Crippen LogP contribution in [-0.2, 0) is 4.79 Å². The van der Waals surface area contributed by atoms with Crippen LogP contribution in [0.5, 0.6) is 0 Å². The molecule has 1 aromatic carbocycles. The van der Waals surface area contributed by atoms with Crippen LogP contribution in [0.4, 0.5) is 5.69 Å². The molecule has 96 valence electrons. The molecular weight excluding hydrogens is 230 g/mol. The van der Waals surface area contributed by atoms with E-state index in [0.29, 0.717) is 23.7 Å². The molecule has 3 N–H and O–H groups in total. The summed E-state index contributed by atoms with van der Waals surface area (Å²) in [5, 5.41) is 8.70. The number of benzene rings is 1. The first kappa shape index (κ1) is 12.6. The Hall–Kier alpha value is -1.88. The van der Waals surface area contributed by atoms with Gasteiger partial charge in [0.25, 0.3) is 5.91 Å². The van der Waals surface area contributed by atoms with Crippen molar-refractivity contribution >= 4 is 17.5 Å². The summed E-state index contributed by atoms with van der Waals surface area (Å²) < 4.78 is 0. The van der Waals surface area contributed by atoms with Gasteiger partial charge in [0.15, 0.2) is 0 Å². The summed E-state index contributed by atoms with van der Waals surface area (Å²) >= 11 is 0. The summed E-state index contributed by atoms with van der Waals surface area (Å²) in [6.07, 6.45) is 0. The molecule has 0 spiro atoms. The molecule has 0 unspecified atom stereocenters. The predicted molar refractivity (Wildman–Crippen MR) is 69.4 cm³/mol. The molecule has 1 aliphatic heterocycles. The average molecular weight is 247 g/mol. The van der Waals surface area contributed by atoms with E-state index in [-0.39, 0.29) is 11.8 Å². The zero-order chi connectivity index (χ0) is 13.0. The zero-order valence-electron chi connectivity index (χ0n) is 10.3. The molecule has 5 heteroatoms. The molecule has 0 bridgehead atoms. The molecule has 1 saturated heterocycles. The van der Waals surface area contributed by atoms with E-state index in [2.05, 4.69) is 16.0 Å². The monoisotopic (exact) mass is 247 g/mol. The summed E-state index contributed by atoms with van der Waals surface area (Å²) in [4.78, 5) is 22.8. The van der Waals surface area contributed by atoms with Crippen molar-refractivity contribution < 1.29 is 9.59 Å². The Morgan fingerprint density at radius 1 is 1.39 bits per heavy atom. The van der Waals surface area contributed by atoms with Crippen molar-refractivity contribution in [2.45, 2.75) is 6.92 Å². The lowest BCUT2D eigenvalue weighted by Crippen LogP contribution is -2.48. The van der Waals surface area contributed by atoms with Gasteiger partial charge in [0, 0.05) is 43.7 Å². The molecule has 0 radical (unpaired) electrons. The topological polar surface area (TPSA) is 70.2 Å². The Labute approximate surface area is 106 Å². The van der Waals surface area contributed by atoms with Gasteiger partial charge in [-0.15, -0.1) is 0 Å². The molecule has 1 heterocycles. The lowest BCUT2D eigenvalue weighted by atomic mass is 10.0. The van der Waals surface area contributed by atoms with Crippen molar-refractivity contribution in [1.82, 2.24) is 10.6 Å². The van der Waals surface area contributed by atoms with Gasteiger partial charge < -0.3 is 16.0 Å². The number of hydrogen-bond acceptors (Lipinski definition) is 3. The third kappa shape index (κ3) is 3.30. The molecule has 1 aromatic rings. The van der Waals surface area contributed by atoms with Crippen LogP contribution in [0.25, 0.3) is 0 Å². The minimum Gasteiger partial charge on any atom is -0.352 e. The highest BCUT2D eigenvalue weighted by Crippen LogP contribution is 2.11. The van der Waals surface area contributed by atoms with Gasteiger partial charge in [0.05, 0.1) is 0 Å². The molecule has 18 heavy (non-hydrogen) atoms. The number of anilines is 1. The van der Waals surface area contributed by atoms with Crippen molar-refractivity contribution in [2.75, 3.05) is 25.0 Å². The molecule has 0 aromatic heterocycles. The summed E-state index contributed by atoms with van der Waals surface area (Å²) in [6.45, 7) is 4.06. The van der Waals surface area contributed by atoms with Gasteiger partial charge >= 0.3 is 0 Å². The van der Waals surface area contributed by atoms with E-state index in [9.17, 15) is 9.59 Å². The number of nitrogens with one attached hydrogen (secondary N) is 3. The van der Waals surface area contributed by atoms with Gasteiger partial charge in [-0.25, -0.2) is 0 Å². The Kier molecular flexibility index (Phi) is 3.94. The minimum absolute atomic E-state index is 0.103. The highest BCUT2D eigenvalue weighted by molar-refractivity contribution is 5.96. The second-order valence-corrected chi connectivity index (χ2v) is 4.50. The molecule has 0 saturated carbocycles. The summed E-state index contributed by atoms with van der Waals surface area (Å²) in [7, 11) is 0. The maximum Gasteiger partial charge on any atom is 0.251 e. The van der Waals surface area contributed by atoms with Gasteiger partial charge in [0.1, 0.15) is 0 Å². The Morgan fingerprint density at radius 2 is 2.17 bits per heavy atom. The van der Waals surface area contributed by atoms with Crippen LogP contribution < -0.4 is 16.0 Å². The Balaban J connectivity index is 1.93. The smallest absolute Gasteiger partial charge is 0.251 e. The van der Waals surface area contributed by atoms with Gasteiger partial charge in [-0.05, 0) is 18.2 Å². The standard InChI is InChI=1S/C13H17N3O2/c1-9(17)16-12-4-2-3-11(5-12)13(18)15-8-10-6-14-7-10/h2-5,10,14H,6-8H2,1H3,(H,15,18)(H,16,17).